The van der Waals surface area contributed by atoms with Crippen LogP contribution in [0.3, 0.4) is 0 Å². The molecule has 2 aromatic carbocycles. The van der Waals surface area contributed by atoms with Crippen LogP contribution >= 0.6 is 0 Å². The number of fused-ring (bicyclic) bond motifs is 1. The molecule has 0 unspecified atom stereocenters. The summed E-state index contributed by atoms with van der Waals surface area (Å²) in [7, 11) is 3.84. The standard InChI is InChI=1S/C21H26N4O/c1-4-5-8-15-26-19-12-11-17-9-6-7-10-18(17)20(19)21(23-24(2)3)25-14-13-22-16-25/h6-7,9-14,16H,4-5,8,15H2,1-3H3. The highest BCUT2D eigenvalue weighted by Gasteiger charge is 2.17. The maximum absolute atomic E-state index is 6.17. The van der Waals surface area contributed by atoms with Gasteiger partial charge in [0.2, 0.25) is 0 Å². The van der Waals surface area contributed by atoms with E-state index in [2.05, 4.69) is 30.1 Å². The topological polar surface area (TPSA) is 42.6 Å². The van der Waals surface area contributed by atoms with Crippen molar-refractivity contribution in [3.8, 4) is 5.75 Å². The highest BCUT2D eigenvalue weighted by atomic mass is 16.5. The van der Waals surface area contributed by atoms with E-state index in [1.807, 2.05) is 43.1 Å². The van der Waals surface area contributed by atoms with E-state index in [1.54, 1.807) is 17.5 Å². The van der Waals surface area contributed by atoms with Gasteiger partial charge >= 0.3 is 0 Å². The number of aromatic nitrogens is 2. The van der Waals surface area contributed by atoms with Gasteiger partial charge in [0.1, 0.15) is 12.1 Å². The first kappa shape index (κ1) is 18.0. The lowest BCUT2D eigenvalue weighted by molar-refractivity contribution is 0.306. The second-order valence-corrected chi connectivity index (χ2v) is 6.46. The molecule has 0 saturated carbocycles. The Morgan fingerprint density at radius 1 is 1.15 bits per heavy atom. The molecule has 0 bridgehead atoms. The zero-order valence-electron chi connectivity index (χ0n) is 15.7. The molecule has 5 nitrogen and oxygen atoms in total. The summed E-state index contributed by atoms with van der Waals surface area (Å²) in [5.41, 5.74) is 0.992. The number of hydrogen-bond donors (Lipinski definition) is 0. The van der Waals surface area contributed by atoms with E-state index in [0.29, 0.717) is 6.61 Å². The van der Waals surface area contributed by atoms with Gasteiger partial charge in [-0.1, -0.05) is 50.1 Å². The van der Waals surface area contributed by atoms with Crippen LogP contribution in [0.25, 0.3) is 10.8 Å². The fourth-order valence-corrected chi connectivity index (χ4v) is 2.94. The van der Waals surface area contributed by atoms with Gasteiger partial charge in [-0.25, -0.2) is 4.98 Å². The van der Waals surface area contributed by atoms with Crippen LogP contribution in [-0.2, 0) is 0 Å². The normalized spacial score (nSPS) is 11.7. The molecule has 3 aromatic rings. The lowest BCUT2D eigenvalue weighted by atomic mass is 10.0. The Bertz CT molecular complexity index is 869. The Hall–Kier alpha value is -2.82. The molecule has 0 aliphatic carbocycles. The molecule has 0 saturated heterocycles. The van der Waals surface area contributed by atoms with Crippen molar-refractivity contribution < 1.29 is 4.74 Å². The van der Waals surface area contributed by atoms with Crippen LogP contribution in [0.5, 0.6) is 5.75 Å². The molecule has 1 aromatic heterocycles. The van der Waals surface area contributed by atoms with E-state index in [4.69, 9.17) is 9.84 Å². The van der Waals surface area contributed by atoms with Crippen molar-refractivity contribution in [1.82, 2.24) is 14.6 Å². The molecule has 136 valence electrons. The average Bonchev–Trinajstić information content (AvgIpc) is 3.17. The molecule has 0 aliphatic heterocycles. The molecule has 0 radical (unpaired) electrons. The molecule has 1 heterocycles. The van der Waals surface area contributed by atoms with E-state index < -0.39 is 0 Å². The Labute approximate surface area is 154 Å². The van der Waals surface area contributed by atoms with Crippen LogP contribution in [-0.4, -0.2) is 41.1 Å². The monoisotopic (exact) mass is 350 g/mol. The van der Waals surface area contributed by atoms with Crippen molar-refractivity contribution in [2.24, 2.45) is 5.10 Å². The molecule has 0 fully saturated rings. The zero-order valence-corrected chi connectivity index (χ0v) is 15.7. The third-order valence-corrected chi connectivity index (χ3v) is 4.16. The summed E-state index contributed by atoms with van der Waals surface area (Å²) in [6, 6.07) is 12.5. The van der Waals surface area contributed by atoms with Crippen molar-refractivity contribution >= 4 is 16.6 Å². The van der Waals surface area contributed by atoms with Gasteiger partial charge < -0.3 is 9.75 Å². The number of imidazole rings is 1. The summed E-state index contributed by atoms with van der Waals surface area (Å²) in [6.45, 7) is 2.90. The molecule has 26 heavy (non-hydrogen) atoms. The van der Waals surface area contributed by atoms with E-state index in [-0.39, 0.29) is 0 Å². The van der Waals surface area contributed by atoms with Gasteiger partial charge in [0.15, 0.2) is 5.84 Å². The summed E-state index contributed by atoms with van der Waals surface area (Å²) in [5, 5.41) is 8.82. The largest absolute Gasteiger partial charge is 0.493 e. The Morgan fingerprint density at radius 2 is 2.00 bits per heavy atom. The second-order valence-electron chi connectivity index (χ2n) is 6.46. The number of unbranched alkanes of at least 4 members (excludes halogenated alkanes) is 2. The molecule has 5 heteroatoms. The first-order valence-electron chi connectivity index (χ1n) is 9.10. The number of nitrogens with zero attached hydrogens (tertiary/aromatic N) is 4. The van der Waals surface area contributed by atoms with Crippen molar-refractivity contribution in [3.05, 3.63) is 60.7 Å². The average molecular weight is 350 g/mol. The number of ether oxygens (including phenoxy) is 1. The minimum atomic E-state index is 0.707. The predicted molar refractivity (Wildman–Crippen MR) is 107 cm³/mol. The number of benzene rings is 2. The Kier molecular flexibility index (Phi) is 5.89. The van der Waals surface area contributed by atoms with Gasteiger partial charge in [0.25, 0.3) is 0 Å². The molecule has 3 rings (SSSR count). The molecular formula is C21H26N4O. The fourth-order valence-electron chi connectivity index (χ4n) is 2.94. The van der Waals surface area contributed by atoms with Crippen LogP contribution in [0.2, 0.25) is 0 Å². The van der Waals surface area contributed by atoms with Crippen LogP contribution in [0.1, 0.15) is 31.7 Å². The van der Waals surface area contributed by atoms with Crippen molar-refractivity contribution in [3.63, 3.8) is 0 Å². The van der Waals surface area contributed by atoms with Crippen LogP contribution < -0.4 is 4.74 Å². The highest BCUT2D eigenvalue weighted by Crippen LogP contribution is 2.30. The van der Waals surface area contributed by atoms with Gasteiger partial charge in [-0.2, -0.15) is 5.10 Å². The van der Waals surface area contributed by atoms with Gasteiger partial charge in [-0.05, 0) is 23.3 Å². The maximum Gasteiger partial charge on any atom is 0.169 e. The van der Waals surface area contributed by atoms with Crippen LogP contribution in [0, 0.1) is 0 Å². The maximum atomic E-state index is 6.17. The van der Waals surface area contributed by atoms with E-state index >= 15 is 0 Å². The molecule has 0 aliphatic rings. The van der Waals surface area contributed by atoms with Crippen molar-refractivity contribution in [2.75, 3.05) is 20.7 Å². The SMILES string of the molecule is CCCCCOc1ccc2ccccc2c1C(=NN(C)C)n1ccnc1. The summed E-state index contributed by atoms with van der Waals surface area (Å²) in [4.78, 5) is 4.19. The van der Waals surface area contributed by atoms with Crippen LogP contribution in [0.15, 0.2) is 60.2 Å². The van der Waals surface area contributed by atoms with Crippen molar-refractivity contribution in [2.45, 2.75) is 26.2 Å². The highest BCUT2D eigenvalue weighted by molar-refractivity contribution is 6.12. The zero-order chi connectivity index (χ0) is 18.4. The number of rotatable bonds is 7. The summed E-state index contributed by atoms with van der Waals surface area (Å²) < 4.78 is 8.11. The molecule has 0 N–H and O–H groups in total. The van der Waals surface area contributed by atoms with E-state index in [9.17, 15) is 0 Å². The summed E-state index contributed by atoms with van der Waals surface area (Å²) in [6.07, 6.45) is 8.83. The predicted octanol–water partition coefficient (Wildman–Crippen LogP) is 4.38. The number of hydrazone groups is 1. The molecule has 0 atom stereocenters. The van der Waals surface area contributed by atoms with E-state index in [1.165, 1.54) is 12.8 Å². The van der Waals surface area contributed by atoms with Crippen molar-refractivity contribution in [1.29, 1.82) is 0 Å². The lowest BCUT2D eigenvalue weighted by Gasteiger charge is -2.18. The fraction of sp³-hybridized carbons (Fsp3) is 0.333. The Morgan fingerprint density at radius 3 is 2.73 bits per heavy atom. The van der Waals surface area contributed by atoms with Gasteiger partial charge in [0.05, 0.1) is 12.2 Å². The minimum absolute atomic E-state index is 0.707. The molecular weight excluding hydrogens is 324 g/mol. The molecule has 0 amide bonds. The quantitative estimate of drug-likeness (QED) is 0.275. The van der Waals surface area contributed by atoms with Gasteiger partial charge in [-0.15, -0.1) is 0 Å². The van der Waals surface area contributed by atoms with Crippen LogP contribution in [0.4, 0.5) is 0 Å². The minimum Gasteiger partial charge on any atom is -0.493 e. The first-order valence-corrected chi connectivity index (χ1v) is 9.10. The van der Waals surface area contributed by atoms with Gasteiger partial charge in [0, 0.05) is 26.5 Å². The third kappa shape index (κ3) is 4.04. The second kappa shape index (κ2) is 8.52. The van der Waals surface area contributed by atoms with Gasteiger partial charge in [-0.3, -0.25) is 4.57 Å². The lowest BCUT2D eigenvalue weighted by Crippen LogP contribution is -2.19. The summed E-state index contributed by atoms with van der Waals surface area (Å²) >= 11 is 0. The Balaban J connectivity index is 2.13. The molecule has 0 spiro atoms. The van der Waals surface area contributed by atoms with E-state index in [0.717, 1.165) is 34.3 Å². The number of hydrogen-bond acceptors (Lipinski definition) is 4. The third-order valence-electron chi connectivity index (χ3n) is 4.16. The smallest absolute Gasteiger partial charge is 0.169 e. The first-order chi connectivity index (χ1) is 12.7. The summed E-state index contributed by atoms with van der Waals surface area (Å²) in [5.74, 6) is 1.66.